The van der Waals surface area contributed by atoms with E-state index in [0.717, 1.165) is 13.1 Å². The van der Waals surface area contributed by atoms with E-state index in [2.05, 4.69) is 16.0 Å². The predicted molar refractivity (Wildman–Crippen MR) is 50.5 cm³/mol. The molecule has 0 aromatic carbocycles. The summed E-state index contributed by atoms with van der Waals surface area (Å²) in [5.74, 6) is 0.513. The van der Waals surface area contributed by atoms with Crippen LogP contribution in [0.4, 0.5) is 4.39 Å². The normalized spacial score (nSPS) is 28.2. The molecule has 3 heteroatoms. The topological polar surface area (TPSA) is 17.0 Å². The lowest BCUT2D eigenvalue weighted by molar-refractivity contribution is 0.353. The van der Waals surface area contributed by atoms with Gasteiger partial charge in [-0.3, -0.25) is 4.39 Å². The number of hydrogen-bond acceptors (Lipinski definition) is 1. The molecule has 2 unspecified atom stereocenters. The summed E-state index contributed by atoms with van der Waals surface area (Å²) >= 11 is 0. The number of nitrogens with one attached hydrogen (secondary N) is 1. The van der Waals surface area contributed by atoms with E-state index >= 15 is 0 Å². The van der Waals surface area contributed by atoms with Gasteiger partial charge in [-0.2, -0.15) is 0 Å². The van der Waals surface area contributed by atoms with Crippen molar-refractivity contribution in [2.75, 3.05) is 19.8 Å². The predicted octanol–water partition coefficient (Wildman–Crippen LogP) is 1.30. The van der Waals surface area contributed by atoms with Gasteiger partial charge in [0.2, 0.25) is 0 Å². The summed E-state index contributed by atoms with van der Waals surface area (Å²) in [5, 5.41) is 3.24. The van der Waals surface area contributed by atoms with Crippen LogP contribution in [0, 0.1) is 5.92 Å². The first-order valence-corrected chi connectivity index (χ1v) is 4.71. The molecule has 13 heavy (non-hydrogen) atoms. The molecule has 1 aliphatic rings. The monoisotopic (exact) mass is 182 g/mol. The molecule has 0 amide bonds. The summed E-state index contributed by atoms with van der Waals surface area (Å²) in [7, 11) is 2.02. The third kappa shape index (κ3) is 1.48. The van der Waals surface area contributed by atoms with Gasteiger partial charge in [0.1, 0.15) is 0 Å². The van der Waals surface area contributed by atoms with Crippen LogP contribution < -0.4 is 5.32 Å². The Kier molecular flexibility index (Phi) is 2.36. The van der Waals surface area contributed by atoms with Crippen molar-refractivity contribution in [1.82, 2.24) is 9.88 Å². The van der Waals surface area contributed by atoms with E-state index in [1.54, 1.807) is 0 Å². The molecule has 72 valence electrons. The van der Waals surface area contributed by atoms with Crippen LogP contribution >= 0.6 is 0 Å². The minimum absolute atomic E-state index is 0.161. The number of rotatable bonds is 2. The average Bonchev–Trinajstić information content (AvgIpc) is 2.71. The summed E-state index contributed by atoms with van der Waals surface area (Å²) < 4.78 is 14.7. The van der Waals surface area contributed by atoms with Gasteiger partial charge < -0.3 is 9.88 Å². The van der Waals surface area contributed by atoms with E-state index < -0.39 is 0 Å². The maximum absolute atomic E-state index is 12.6. The number of halogens is 1. The second kappa shape index (κ2) is 3.50. The molecule has 1 fully saturated rings. The highest BCUT2D eigenvalue weighted by Gasteiger charge is 2.29. The Morgan fingerprint density at radius 1 is 1.62 bits per heavy atom. The molecule has 0 aliphatic carbocycles. The van der Waals surface area contributed by atoms with E-state index in [9.17, 15) is 4.39 Å². The van der Waals surface area contributed by atoms with Crippen LogP contribution in [0.3, 0.4) is 0 Å². The summed E-state index contributed by atoms with van der Waals surface area (Å²) in [5.41, 5.74) is 1.24. The summed E-state index contributed by atoms with van der Waals surface area (Å²) in [6.07, 6.45) is 2.02. The van der Waals surface area contributed by atoms with Crippen LogP contribution in [0.15, 0.2) is 18.3 Å². The largest absolute Gasteiger partial charge is 0.354 e. The molecule has 0 spiro atoms. The second-order valence-corrected chi connectivity index (χ2v) is 3.72. The SMILES string of the molecule is Cn1cccc1C1CNCC1CF. The molecule has 2 rings (SSSR count). The smallest absolute Gasteiger partial charge is 0.0941 e. The van der Waals surface area contributed by atoms with Crippen molar-refractivity contribution in [2.24, 2.45) is 13.0 Å². The second-order valence-electron chi connectivity index (χ2n) is 3.72. The highest BCUT2D eigenvalue weighted by Crippen LogP contribution is 2.28. The first-order chi connectivity index (χ1) is 6.33. The highest BCUT2D eigenvalue weighted by molar-refractivity contribution is 5.16. The Balaban J connectivity index is 2.20. The zero-order chi connectivity index (χ0) is 9.26. The van der Waals surface area contributed by atoms with Gasteiger partial charge in [0.25, 0.3) is 0 Å². The summed E-state index contributed by atoms with van der Waals surface area (Å²) in [4.78, 5) is 0. The van der Waals surface area contributed by atoms with Gasteiger partial charge in [-0.1, -0.05) is 0 Å². The van der Waals surface area contributed by atoms with Crippen molar-refractivity contribution in [3.8, 4) is 0 Å². The van der Waals surface area contributed by atoms with Crippen molar-refractivity contribution in [3.05, 3.63) is 24.0 Å². The zero-order valence-electron chi connectivity index (χ0n) is 7.83. The van der Waals surface area contributed by atoms with E-state index in [1.165, 1.54) is 5.69 Å². The lowest BCUT2D eigenvalue weighted by atomic mass is 9.94. The lowest BCUT2D eigenvalue weighted by Crippen LogP contribution is -2.15. The first kappa shape index (κ1) is 8.75. The zero-order valence-corrected chi connectivity index (χ0v) is 7.83. The molecule has 1 saturated heterocycles. The Bertz CT molecular complexity index is 282. The number of aromatic nitrogens is 1. The third-order valence-electron chi connectivity index (χ3n) is 2.90. The molecule has 0 bridgehead atoms. The van der Waals surface area contributed by atoms with Crippen molar-refractivity contribution in [1.29, 1.82) is 0 Å². The molecule has 2 nitrogen and oxygen atoms in total. The molecular formula is C10H15FN2. The molecule has 1 aromatic heterocycles. The Labute approximate surface area is 77.7 Å². The fourth-order valence-electron chi connectivity index (χ4n) is 2.10. The van der Waals surface area contributed by atoms with Crippen molar-refractivity contribution in [3.63, 3.8) is 0 Å². The maximum Gasteiger partial charge on any atom is 0.0941 e. The van der Waals surface area contributed by atoms with Crippen LogP contribution in [0.25, 0.3) is 0 Å². The van der Waals surface area contributed by atoms with Gasteiger partial charge in [-0.25, -0.2) is 0 Å². The van der Waals surface area contributed by atoms with E-state index in [-0.39, 0.29) is 12.6 Å². The van der Waals surface area contributed by atoms with Crippen molar-refractivity contribution >= 4 is 0 Å². The quantitative estimate of drug-likeness (QED) is 0.729. The highest BCUT2D eigenvalue weighted by atomic mass is 19.1. The number of nitrogens with zero attached hydrogens (tertiary/aromatic N) is 1. The first-order valence-electron chi connectivity index (χ1n) is 4.71. The van der Waals surface area contributed by atoms with Gasteiger partial charge in [0, 0.05) is 43.9 Å². The molecule has 1 N–H and O–H groups in total. The van der Waals surface area contributed by atoms with E-state index in [4.69, 9.17) is 0 Å². The molecule has 2 heterocycles. The lowest BCUT2D eigenvalue weighted by Gasteiger charge is -2.16. The molecule has 1 aromatic rings. The summed E-state index contributed by atoms with van der Waals surface area (Å²) in [6.45, 7) is 1.50. The van der Waals surface area contributed by atoms with Crippen LogP contribution in [-0.2, 0) is 7.05 Å². The van der Waals surface area contributed by atoms with Gasteiger partial charge in [0.15, 0.2) is 0 Å². The van der Waals surface area contributed by atoms with Crippen molar-refractivity contribution < 1.29 is 4.39 Å². The number of hydrogen-bond donors (Lipinski definition) is 1. The van der Waals surface area contributed by atoms with Gasteiger partial charge in [-0.05, 0) is 12.1 Å². The van der Waals surface area contributed by atoms with Gasteiger partial charge >= 0.3 is 0 Å². The number of aryl methyl sites for hydroxylation is 1. The van der Waals surface area contributed by atoms with Crippen LogP contribution in [0.5, 0.6) is 0 Å². The van der Waals surface area contributed by atoms with Crippen molar-refractivity contribution in [2.45, 2.75) is 5.92 Å². The van der Waals surface area contributed by atoms with Gasteiger partial charge in [-0.15, -0.1) is 0 Å². The number of alkyl halides is 1. The minimum atomic E-state index is -0.219. The summed E-state index contributed by atoms with van der Waals surface area (Å²) in [6, 6.07) is 4.10. The van der Waals surface area contributed by atoms with Crippen LogP contribution in [0.2, 0.25) is 0 Å². The molecule has 2 atom stereocenters. The van der Waals surface area contributed by atoms with Crippen LogP contribution in [0.1, 0.15) is 11.6 Å². The fourth-order valence-corrected chi connectivity index (χ4v) is 2.10. The van der Waals surface area contributed by atoms with E-state index in [0.29, 0.717) is 5.92 Å². The Morgan fingerprint density at radius 3 is 3.08 bits per heavy atom. The molecule has 0 saturated carbocycles. The van der Waals surface area contributed by atoms with E-state index in [1.807, 2.05) is 19.3 Å². The molecule has 0 radical (unpaired) electrons. The molecule has 1 aliphatic heterocycles. The minimum Gasteiger partial charge on any atom is -0.354 e. The standard InChI is InChI=1S/C10H15FN2/c1-13-4-2-3-10(13)9-7-12-6-8(9)5-11/h2-4,8-9,12H,5-7H2,1H3. The Hall–Kier alpha value is -0.830. The fraction of sp³-hybridized carbons (Fsp3) is 0.600. The van der Waals surface area contributed by atoms with Crippen LogP contribution in [-0.4, -0.2) is 24.3 Å². The third-order valence-corrected chi connectivity index (χ3v) is 2.90. The Morgan fingerprint density at radius 2 is 2.46 bits per heavy atom. The molecular weight excluding hydrogens is 167 g/mol. The maximum atomic E-state index is 12.6. The van der Waals surface area contributed by atoms with Gasteiger partial charge in [0.05, 0.1) is 6.67 Å². The average molecular weight is 182 g/mol.